The average Bonchev–Trinajstić information content (AvgIpc) is 2.67. The third kappa shape index (κ3) is 3.23. The highest BCUT2D eigenvalue weighted by Crippen LogP contribution is 2.38. The van der Waals surface area contributed by atoms with E-state index < -0.39 is 0 Å². The van der Waals surface area contributed by atoms with Crippen LogP contribution < -0.4 is 5.32 Å². The molecule has 2 fully saturated rings. The summed E-state index contributed by atoms with van der Waals surface area (Å²) < 4.78 is 0. The van der Waals surface area contributed by atoms with Gasteiger partial charge in [0.25, 0.3) is 0 Å². The van der Waals surface area contributed by atoms with Gasteiger partial charge in [-0.1, -0.05) is 27.7 Å². The van der Waals surface area contributed by atoms with Gasteiger partial charge in [0.05, 0.1) is 0 Å². The standard InChI is InChI=1S/C15H30N2/c1-5-16-13-6-8-15(3,4)10-14(13)17-9-7-12(2)11-17/h12-14,16H,5-11H2,1-4H3. The predicted molar refractivity (Wildman–Crippen MR) is 74.2 cm³/mol. The Bertz CT molecular complexity index is 245. The molecular formula is C15H30N2. The van der Waals surface area contributed by atoms with Gasteiger partial charge >= 0.3 is 0 Å². The van der Waals surface area contributed by atoms with Crippen LogP contribution in [-0.4, -0.2) is 36.6 Å². The highest BCUT2D eigenvalue weighted by molar-refractivity contribution is 4.96. The van der Waals surface area contributed by atoms with E-state index in [0.29, 0.717) is 5.41 Å². The van der Waals surface area contributed by atoms with Crippen molar-refractivity contribution < 1.29 is 0 Å². The zero-order valence-electron chi connectivity index (χ0n) is 12.1. The van der Waals surface area contributed by atoms with Crippen LogP contribution in [0.2, 0.25) is 0 Å². The summed E-state index contributed by atoms with van der Waals surface area (Å²) in [6.45, 7) is 13.3. The molecule has 0 aromatic rings. The van der Waals surface area contributed by atoms with Gasteiger partial charge in [0, 0.05) is 18.6 Å². The molecule has 1 N–H and O–H groups in total. The molecule has 1 saturated carbocycles. The molecule has 2 rings (SSSR count). The van der Waals surface area contributed by atoms with Gasteiger partial charge in [-0.15, -0.1) is 0 Å². The van der Waals surface area contributed by atoms with Crippen LogP contribution in [0.5, 0.6) is 0 Å². The van der Waals surface area contributed by atoms with Crippen molar-refractivity contribution in [1.82, 2.24) is 10.2 Å². The zero-order chi connectivity index (χ0) is 12.5. The van der Waals surface area contributed by atoms with E-state index in [2.05, 4.69) is 37.9 Å². The average molecular weight is 238 g/mol. The van der Waals surface area contributed by atoms with E-state index in [4.69, 9.17) is 0 Å². The highest BCUT2D eigenvalue weighted by atomic mass is 15.2. The van der Waals surface area contributed by atoms with E-state index in [0.717, 1.165) is 24.5 Å². The molecule has 3 atom stereocenters. The number of nitrogens with one attached hydrogen (secondary N) is 1. The van der Waals surface area contributed by atoms with Crippen LogP contribution in [-0.2, 0) is 0 Å². The Kier molecular flexibility index (Phi) is 4.14. The lowest BCUT2D eigenvalue weighted by Gasteiger charge is -2.45. The fraction of sp³-hybridized carbons (Fsp3) is 1.00. The van der Waals surface area contributed by atoms with Crippen LogP contribution in [0.15, 0.2) is 0 Å². The molecule has 0 spiro atoms. The molecule has 1 aliphatic heterocycles. The lowest BCUT2D eigenvalue weighted by molar-refractivity contribution is 0.0793. The molecule has 0 aromatic carbocycles. The van der Waals surface area contributed by atoms with Crippen LogP contribution in [0, 0.1) is 11.3 Å². The first-order valence-electron chi connectivity index (χ1n) is 7.49. The molecule has 1 aliphatic carbocycles. The molecule has 1 saturated heterocycles. The van der Waals surface area contributed by atoms with Crippen LogP contribution >= 0.6 is 0 Å². The van der Waals surface area contributed by atoms with Crippen LogP contribution in [0.1, 0.15) is 53.4 Å². The molecule has 3 unspecified atom stereocenters. The Morgan fingerprint density at radius 2 is 2.06 bits per heavy atom. The number of hydrogen-bond donors (Lipinski definition) is 1. The van der Waals surface area contributed by atoms with E-state index in [-0.39, 0.29) is 0 Å². The van der Waals surface area contributed by atoms with Gasteiger partial charge in [0.2, 0.25) is 0 Å². The van der Waals surface area contributed by atoms with E-state index in [1.54, 1.807) is 0 Å². The maximum Gasteiger partial charge on any atom is 0.0254 e. The Morgan fingerprint density at radius 1 is 1.29 bits per heavy atom. The Morgan fingerprint density at radius 3 is 2.65 bits per heavy atom. The number of hydrogen-bond acceptors (Lipinski definition) is 2. The van der Waals surface area contributed by atoms with Crippen molar-refractivity contribution in [1.29, 1.82) is 0 Å². The van der Waals surface area contributed by atoms with E-state index >= 15 is 0 Å². The van der Waals surface area contributed by atoms with Crippen LogP contribution in [0.3, 0.4) is 0 Å². The van der Waals surface area contributed by atoms with Crippen molar-refractivity contribution in [3.8, 4) is 0 Å². The second-order valence-corrected chi connectivity index (χ2v) is 7.03. The fourth-order valence-electron chi connectivity index (χ4n) is 3.70. The fourth-order valence-corrected chi connectivity index (χ4v) is 3.70. The molecule has 100 valence electrons. The quantitative estimate of drug-likeness (QED) is 0.813. The normalized spacial score (nSPS) is 38.5. The minimum Gasteiger partial charge on any atom is -0.313 e. The molecular weight excluding hydrogens is 208 g/mol. The maximum atomic E-state index is 3.72. The molecule has 17 heavy (non-hydrogen) atoms. The largest absolute Gasteiger partial charge is 0.313 e. The first-order valence-corrected chi connectivity index (χ1v) is 7.49. The van der Waals surface area contributed by atoms with Crippen molar-refractivity contribution in [3.05, 3.63) is 0 Å². The van der Waals surface area contributed by atoms with E-state index in [1.807, 2.05) is 0 Å². The molecule has 1 heterocycles. The molecule has 0 amide bonds. The minimum atomic E-state index is 0.544. The topological polar surface area (TPSA) is 15.3 Å². The van der Waals surface area contributed by atoms with Crippen molar-refractivity contribution in [2.24, 2.45) is 11.3 Å². The van der Waals surface area contributed by atoms with Gasteiger partial charge in [-0.3, -0.25) is 4.90 Å². The lowest BCUT2D eigenvalue weighted by Crippen LogP contribution is -2.54. The molecule has 2 heteroatoms. The number of likely N-dealkylation sites (N-methyl/N-ethyl adjacent to an activating group) is 1. The SMILES string of the molecule is CCNC1CCC(C)(C)CC1N1CCC(C)C1. The summed E-state index contributed by atoms with van der Waals surface area (Å²) in [6.07, 6.45) is 5.51. The minimum absolute atomic E-state index is 0.544. The van der Waals surface area contributed by atoms with Crippen molar-refractivity contribution in [2.45, 2.75) is 65.5 Å². The van der Waals surface area contributed by atoms with Crippen molar-refractivity contribution >= 4 is 0 Å². The van der Waals surface area contributed by atoms with Crippen molar-refractivity contribution in [3.63, 3.8) is 0 Å². The van der Waals surface area contributed by atoms with Gasteiger partial charge < -0.3 is 5.32 Å². The van der Waals surface area contributed by atoms with Gasteiger partial charge in [-0.25, -0.2) is 0 Å². The monoisotopic (exact) mass is 238 g/mol. The third-order valence-corrected chi connectivity index (χ3v) is 4.75. The molecule has 0 radical (unpaired) electrons. The summed E-state index contributed by atoms with van der Waals surface area (Å²) in [5.74, 6) is 0.905. The smallest absolute Gasteiger partial charge is 0.0254 e. The van der Waals surface area contributed by atoms with Gasteiger partial charge in [-0.2, -0.15) is 0 Å². The summed E-state index contributed by atoms with van der Waals surface area (Å²) in [5.41, 5.74) is 0.544. The molecule has 2 aliphatic rings. The lowest BCUT2D eigenvalue weighted by atomic mass is 9.72. The van der Waals surface area contributed by atoms with Gasteiger partial charge in [0.1, 0.15) is 0 Å². The summed E-state index contributed by atoms with van der Waals surface area (Å²) in [4.78, 5) is 2.76. The number of rotatable bonds is 3. The second-order valence-electron chi connectivity index (χ2n) is 7.03. The van der Waals surface area contributed by atoms with Crippen LogP contribution in [0.25, 0.3) is 0 Å². The highest BCUT2D eigenvalue weighted by Gasteiger charge is 2.39. The zero-order valence-corrected chi connectivity index (χ0v) is 12.1. The summed E-state index contributed by atoms with van der Waals surface area (Å²) >= 11 is 0. The first-order chi connectivity index (χ1) is 8.02. The summed E-state index contributed by atoms with van der Waals surface area (Å²) in [7, 11) is 0. The van der Waals surface area contributed by atoms with E-state index in [9.17, 15) is 0 Å². The Balaban J connectivity index is 2.02. The Hall–Kier alpha value is -0.0800. The third-order valence-electron chi connectivity index (χ3n) is 4.75. The molecule has 0 bridgehead atoms. The van der Waals surface area contributed by atoms with Gasteiger partial charge in [-0.05, 0) is 50.1 Å². The van der Waals surface area contributed by atoms with Crippen LogP contribution in [0.4, 0.5) is 0 Å². The summed E-state index contributed by atoms with van der Waals surface area (Å²) in [5, 5.41) is 3.72. The van der Waals surface area contributed by atoms with E-state index in [1.165, 1.54) is 38.8 Å². The number of likely N-dealkylation sites (tertiary alicyclic amines) is 1. The summed E-state index contributed by atoms with van der Waals surface area (Å²) in [6, 6.07) is 1.52. The Labute approximate surface area is 107 Å². The second kappa shape index (κ2) is 5.27. The van der Waals surface area contributed by atoms with Crippen molar-refractivity contribution in [2.75, 3.05) is 19.6 Å². The maximum absolute atomic E-state index is 3.72. The molecule has 2 nitrogen and oxygen atoms in total. The number of nitrogens with zero attached hydrogens (tertiary/aromatic N) is 1. The molecule has 0 aromatic heterocycles. The predicted octanol–water partition coefficient (Wildman–Crippen LogP) is 2.89. The first kappa shape index (κ1) is 13.4. The van der Waals surface area contributed by atoms with Gasteiger partial charge in [0.15, 0.2) is 0 Å².